The Labute approximate surface area is 151 Å². The fourth-order valence-corrected chi connectivity index (χ4v) is 3.41. The molecule has 1 saturated heterocycles. The maximum Gasteiger partial charge on any atom is 0.298 e. The Morgan fingerprint density at radius 2 is 1.80 bits per heavy atom. The summed E-state index contributed by atoms with van der Waals surface area (Å²) < 4.78 is 5.17. The summed E-state index contributed by atoms with van der Waals surface area (Å²) >= 11 is 0.953. The van der Waals surface area contributed by atoms with Gasteiger partial charge in [-0.15, -0.1) is 0 Å². The number of anilines is 1. The molecule has 1 aliphatic rings. The van der Waals surface area contributed by atoms with Gasteiger partial charge in [-0.25, -0.2) is 4.90 Å². The minimum absolute atomic E-state index is 0.302. The van der Waals surface area contributed by atoms with Crippen LogP contribution in [0.1, 0.15) is 30.9 Å². The number of methoxy groups -OCH3 is 1. The van der Waals surface area contributed by atoms with Crippen LogP contribution in [0.15, 0.2) is 53.4 Å². The maximum absolute atomic E-state index is 12.7. The molecule has 0 bridgehead atoms. The third kappa shape index (κ3) is 3.61. The molecule has 0 radical (unpaired) electrons. The number of rotatable bonds is 4. The van der Waals surface area contributed by atoms with Gasteiger partial charge in [0.05, 0.1) is 17.7 Å². The zero-order valence-electron chi connectivity index (χ0n) is 14.4. The van der Waals surface area contributed by atoms with Crippen molar-refractivity contribution in [1.29, 1.82) is 0 Å². The number of carbonyl (C=O) groups is 2. The fourth-order valence-electron chi connectivity index (χ4n) is 2.57. The molecule has 0 aliphatic carbocycles. The Bertz CT molecular complexity index is 840. The van der Waals surface area contributed by atoms with Crippen molar-refractivity contribution in [2.45, 2.75) is 19.8 Å². The average Bonchev–Trinajstić information content (AvgIpc) is 2.89. The highest BCUT2D eigenvalue weighted by atomic mass is 32.2. The van der Waals surface area contributed by atoms with Gasteiger partial charge in [0.25, 0.3) is 11.1 Å². The molecule has 0 N–H and O–H groups in total. The molecule has 25 heavy (non-hydrogen) atoms. The maximum atomic E-state index is 12.7. The van der Waals surface area contributed by atoms with Crippen molar-refractivity contribution in [3.63, 3.8) is 0 Å². The van der Waals surface area contributed by atoms with Crippen LogP contribution in [0.25, 0.3) is 6.08 Å². The lowest BCUT2D eigenvalue weighted by Gasteiger charge is -2.13. The van der Waals surface area contributed by atoms with E-state index in [-0.39, 0.29) is 11.1 Å². The predicted molar refractivity (Wildman–Crippen MR) is 102 cm³/mol. The van der Waals surface area contributed by atoms with Crippen LogP contribution in [0.2, 0.25) is 0 Å². The average molecular weight is 353 g/mol. The number of thioether (sulfide) groups is 1. The second-order valence-corrected chi connectivity index (χ2v) is 7.03. The van der Waals surface area contributed by atoms with E-state index in [1.165, 1.54) is 10.5 Å². The third-order valence-corrected chi connectivity index (χ3v) is 4.88. The van der Waals surface area contributed by atoms with Crippen LogP contribution in [0.5, 0.6) is 5.75 Å². The molecule has 0 atom stereocenters. The van der Waals surface area contributed by atoms with E-state index < -0.39 is 0 Å². The predicted octanol–water partition coefficient (Wildman–Crippen LogP) is 5.06. The Morgan fingerprint density at radius 3 is 2.44 bits per heavy atom. The molecule has 2 aromatic rings. The molecule has 0 saturated carbocycles. The van der Waals surface area contributed by atoms with Gasteiger partial charge in [0.1, 0.15) is 5.75 Å². The van der Waals surface area contributed by atoms with Crippen LogP contribution in [0.3, 0.4) is 0 Å². The second-order valence-electron chi connectivity index (χ2n) is 6.04. The van der Waals surface area contributed by atoms with E-state index >= 15 is 0 Å². The van der Waals surface area contributed by atoms with Crippen LogP contribution < -0.4 is 9.64 Å². The molecule has 2 amide bonds. The van der Waals surface area contributed by atoms with E-state index in [4.69, 9.17) is 4.74 Å². The first-order chi connectivity index (χ1) is 12.0. The number of ether oxygens (including phenoxy) is 1. The molecule has 1 fully saturated rings. The first-order valence-electron chi connectivity index (χ1n) is 8.01. The molecule has 1 aliphatic heterocycles. The van der Waals surface area contributed by atoms with Gasteiger partial charge in [-0.05, 0) is 47.0 Å². The summed E-state index contributed by atoms with van der Waals surface area (Å²) in [6, 6.07) is 15.0. The largest absolute Gasteiger partial charge is 0.497 e. The number of nitrogens with zero attached hydrogens (tertiary/aromatic N) is 1. The summed E-state index contributed by atoms with van der Waals surface area (Å²) in [4.78, 5) is 26.6. The summed E-state index contributed by atoms with van der Waals surface area (Å²) in [5.41, 5.74) is 2.66. The minimum atomic E-state index is -0.309. The molecule has 4 nitrogen and oxygen atoms in total. The van der Waals surface area contributed by atoms with Crippen LogP contribution in [0.4, 0.5) is 10.5 Å². The van der Waals surface area contributed by atoms with Gasteiger partial charge in [-0.2, -0.15) is 0 Å². The van der Waals surface area contributed by atoms with Crippen molar-refractivity contribution in [2.75, 3.05) is 12.0 Å². The highest BCUT2D eigenvalue weighted by Gasteiger charge is 2.36. The van der Waals surface area contributed by atoms with Gasteiger partial charge < -0.3 is 4.74 Å². The van der Waals surface area contributed by atoms with Gasteiger partial charge in [0.15, 0.2) is 0 Å². The van der Waals surface area contributed by atoms with Crippen LogP contribution in [-0.2, 0) is 4.79 Å². The first kappa shape index (κ1) is 17.3. The van der Waals surface area contributed by atoms with Gasteiger partial charge in [-0.3, -0.25) is 9.59 Å². The number of imide groups is 1. The third-order valence-electron chi connectivity index (χ3n) is 4.01. The topological polar surface area (TPSA) is 46.6 Å². The number of carbonyl (C=O) groups excluding carboxylic acids is 2. The van der Waals surface area contributed by atoms with Gasteiger partial charge in [0.2, 0.25) is 0 Å². The quantitative estimate of drug-likeness (QED) is 0.721. The van der Waals surface area contributed by atoms with Crippen LogP contribution in [-0.4, -0.2) is 18.3 Å². The van der Waals surface area contributed by atoms with Crippen molar-refractivity contribution in [2.24, 2.45) is 0 Å². The van der Waals surface area contributed by atoms with Crippen molar-refractivity contribution < 1.29 is 14.3 Å². The van der Waals surface area contributed by atoms with Gasteiger partial charge >= 0.3 is 0 Å². The summed E-state index contributed by atoms with van der Waals surface area (Å²) in [5, 5.41) is -0.302. The second kappa shape index (κ2) is 7.15. The van der Waals surface area contributed by atoms with E-state index in [1.54, 1.807) is 37.5 Å². The molecule has 0 unspecified atom stereocenters. The van der Waals surface area contributed by atoms with E-state index in [2.05, 4.69) is 13.8 Å². The zero-order chi connectivity index (χ0) is 18.0. The standard InChI is InChI=1S/C20H19NO3S/c1-13(2)15-9-7-14(8-10-15)11-18-19(22)21(20(23)25-18)16-5-4-6-17(12-16)24-3/h4-13H,1-3H3/b18-11-. The summed E-state index contributed by atoms with van der Waals surface area (Å²) in [6.07, 6.45) is 1.76. The smallest absolute Gasteiger partial charge is 0.298 e. The van der Waals surface area contributed by atoms with Crippen molar-refractivity contribution in [3.8, 4) is 5.75 Å². The normalized spacial score (nSPS) is 16.2. The van der Waals surface area contributed by atoms with E-state index in [9.17, 15) is 9.59 Å². The number of benzene rings is 2. The molecule has 2 aromatic carbocycles. The molecule has 1 heterocycles. The highest BCUT2D eigenvalue weighted by Crippen LogP contribution is 2.36. The lowest BCUT2D eigenvalue weighted by molar-refractivity contribution is -0.113. The minimum Gasteiger partial charge on any atom is -0.497 e. The Balaban J connectivity index is 1.87. The monoisotopic (exact) mass is 353 g/mol. The molecule has 0 spiro atoms. The molecule has 3 rings (SSSR count). The molecular weight excluding hydrogens is 334 g/mol. The molecule has 5 heteroatoms. The van der Waals surface area contributed by atoms with Crippen molar-refractivity contribution >= 4 is 34.7 Å². The molecule has 128 valence electrons. The first-order valence-corrected chi connectivity index (χ1v) is 8.83. The van der Waals surface area contributed by atoms with Gasteiger partial charge in [-0.1, -0.05) is 44.2 Å². The van der Waals surface area contributed by atoms with E-state index in [0.29, 0.717) is 22.3 Å². The van der Waals surface area contributed by atoms with Crippen molar-refractivity contribution in [1.82, 2.24) is 0 Å². The number of hydrogen-bond donors (Lipinski definition) is 0. The summed E-state index contributed by atoms with van der Waals surface area (Å²) in [7, 11) is 1.55. The van der Waals surface area contributed by atoms with E-state index in [0.717, 1.165) is 17.3 Å². The van der Waals surface area contributed by atoms with Crippen molar-refractivity contribution in [3.05, 3.63) is 64.6 Å². The fraction of sp³-hybridized carbons (Fsp3) is 0.200. The zero-order valence-corrected chi connectivity index (χ0v) is 15.2. The Morgan fingerprint density at radius 1 is 1.08 bits per heavy atom. The van der Waals surface area contributed by atoms with Crippen LogP contribution in [0, 0.1) is 0 Å². The van der Waals surface area contributed by atoms with E-state index in [1.807, 2.05) is 24.3 Å². The summed E-state index contributed by atoms with van der Waals surface area (Å²) in [5.74, 6) is 0.746. The Kier molecular flexibility index (Phi) is 4.95. The SMILES string of the molecule is COc1cccc(N2C(=O)S/C(=C\c3ccc(C(C)C)cc3)C2=O)c1. The lowest BCUT2D eigenvalue weighted by atomic mass is 10.0. The highest BCUT2D eigenvalue weighted by molar-refractivity contribution is 8.19. The van der Waals surface area contributed by atoms with Crippen LogP contribution >= 0.6 is 11.8 Å². The lowest BCUT2D eigenvalue weighted by Crippen LogP contribution is -2.27. The molecular formula is C20H19NO3S. The number of amides is 2. The molecule has 0 aromatic heterocycles. The summed E-state index contributed by atoms with van der Waals surface area (Å²) in [6.45, 7) is 4.27. The van der Waals surface area contributed by atoms with Gasteiger partial charge in [0, 0.05) is 6.07 Å². The number of hydrogen-bond acceptors (Lipinski definition) is 4. The Hall–Kier alpha value is -2.53.